The summed E-state index contributed by atoms with van der Waals surface area (Å²) in [7, 11) is 0. The molecule has 24 heavy (non-hydrogen) atoms. The Bertz CT molecular complexity index is 675. The Kier molecular flexibility index (Phi) is 7.28. The number of ether oxygens (including phenoxy) is 2. The lowest BCUT2D eigenvalue weighted by Crippen LogP contribution is -2.27. The normalized spacial score (nSPS) is 11.8. The minimum atomic E-state index is -0.162. The van der Waals surface area contributed by atoms with Gasteiger partial charge < -0.3 is 14.8 Å². The van der Waals surface area contributed by atoms with Crippen molar-refractivity contribution in [3.63, 3.8) is 0 Å². The molecule has 0 saturated carbocycles. The molecule has 0 spiro atoms. The van der Waals surface area contributed by atoms with Gasteiger partial charge in [-0.25, -0.2) is 0 Å². The molecule has 0 aliphatic rings. The first-order valence-corrected chi connectivity index (χ1v) is 8.77. The average molecular weight is 392 g/mol. The molecule has 0 bridgehead atoms. The number of hydrogen-bond acceptors (Lipinski definition) is 3. The minimum Gasteiger partial charge on any atom is -0.490 e. The molecule has 2 rings (SSSR count). The van der Waals surface area contributed by atoms with Crippen LogP contribution in [0.25, 0.3) is 0 Å². The van der Waals surface area contributed by atoms with E-state index in [9.17, 15) is 4.79 Å². The Morgan fingerprint density at radius 3 is 2.58 bits per heavy atom. The Morgan fingerprint density at radius 1 is 1.12 bits per heavy atom. The second-order valence-electron chi connectivity index (χ2n) is 5.26. The van der Waals surface area contributed by atoms with Crippen molar-refractivity contribution in [2.45, 2.75) is 19.9 Å². The highest BCUT2D eigenvalue weighted by molar-refractivity contribution is 9.10. The van der Waals surface area contributed by atoms with Crippen LogP contribution in [0.15, 0.2) is 53.0 Å². The summed E-state index contributed by atoms with van der Waals surface area (Å²) >= 11 is 3.52. The lowest BCUT2D eigenvalue weighted by molar-refractivity contribution is 0.0923. The summed E-state index contributed by atoms with van der Waals surface area (Å²) in [6.45, 7) is 5.45. The molecule has 1 unspecified atom stereocenters. The summed E-state index contributed by atoms with van der Waals surface area (Å²) in [6, 6.07) is 15.0. The van der Waals surface area contributed by atoms with Crippen LogP contribution in [-0.4, -0.2) is 25.7 Å². The SMILES string of the molecule is CCOCCOc1ccccc1C(=O)NC(C)c1ccccc1Br. The van der Waals surface area contributed by atoms with Gasteiger partial charge in [-0.3, -0.25) is 4.79 Å². The van der Waals surface area contributed by atoms with Crippen LogP contribution in [0, 0.1) is 0 Å². The second-order valence-corrected chi connectivity index (χ2v) is 6.11. The Labute approximate surface area is 151 Å². The molecule has 2 aromatic rings. The molecule has 2 aromatic carbocycles. The molecule has 5 heteroatoms. The third kappa shape index (κ3) is 5.08. The van der Waals surface area contributed by atoms with Gasteiger partial charge in [0.2, 0.25) is 0 Å². The molecule has 1 amide bonds. The number of carbonyl (C=O) groups is 1. The molecular formula is C19H22BrNO3. The predicted molar refractivity (Wildman–Crippen MR) is 98.5 cm³/mol. The highest BCUT2D eigenvalue weighted by atomic mass is 79.9. The van der Waals surface area contributed by atoms with E-state index >= 15 is 0 Å². The lowest BCUT2D eigenvalue weighted by atomic mass is 10.1. The van der Waals surface area contributed by atoms with Crippen molar-refractivity contribution < 1.29 is 14.3 Å². The molecule has 0 aliphatic heterocycles. The zero-order chi connectivity index (χ0) is 17.4. The number of halogens is 1. The third-order valence-corrected chi connectivity index (χ3v) is 4.26. The number of rotatable bonds is 8. The smallest absolute Gasteiger partial charge is 0.255 e. The quantitative estimate of drug-likeness (QED) is 0.680. The number of nitrogens with one attached hydrogen (secondary N) is 1. The molecular weight excluding hydrogens is 370 g/mol. The van der Waals surface area contributed by atoms with E-state index in [-0.39, 0.29) is 11.9 Å². The van der Waals surface area contributed by atoms with Crippen molar-refractivity contribution in [1.29, 1.82) is 0 Å². The Balaban J connectivity index is 2.05. The van der Waals surface area contributed by atoms with Crippen LogP contribution >= 0.6 is 15.9 Å². The highest BCUT2D eigenvalue weighted by Crippen LogP contribution is 2.24. The molecule has 1 N–H and O–H groups in total. The topological polar surface area (TPSA) is 47.6 Å². The second kappa shape index (κ2) is 9.45. The standard InChI is InChI=1S/C19H22BrNO3/c1-3-23-12-13-24-18-11-7-5-9-16(18)19(22)21-14(2)15-8-4-6-10-17(15)20/h4-11,14H,3,12-13H2,1-2H3,(H,21,22). The van der Waals surface area contributed by atoms with Crippen LogP contribution < -0.4 is 10.1 Å². The summed E-state index contributed by atoms with van der Waals surface area (Å²) in [6.07, 6.45) is 0. The molecule has 128 valence electrons. The monoisotopic (exact) mass is 391 g/mol. The van der Waals surface area contributed by atoms with Gasteiger partial charge in [-0.2, -0.15) is 0 Å². The van der Waals surface area contributed by atoms with Crippen LogP contribution in [0.1, 0.15) is 35.8 Å². The lowest BCUT2D eigenvalue weighted by Gasteiger charge is -2.17. The Hall–Kier alpha value is -1.85. The summed E-state index contributed by atoms with van der Waals surface area (Å²) in [5.41, 5.74) is 1.55. The third-order valence-electron chi connectivity index (χ3n) is 3.54. The van der Waals surface area contributed by atoms with E-state index in [0.717, 1.165) is 10.0 Å². The Morgan fingerprint density at radius 2 is 1.83 bits per heavy atom. The van der Waals surface area contributed by atoms with Crippen molar-refractivity contribution in [2.75, 3.05) is 19.8 Å². The van der Waals surface area contributed by atoms with E-state index in [1.807, 2.05) is 50.2 Å². The van der Waals surface area contributed by atoms with Crippen molar-refractivity contribution >= 4 is 21.8 Å². The first-order valence-electron chi connectivity index (χ1n) is 7.98. The van der Waals surface area contributed by atoms with Crippen LogP contribution in [0.4, 0.5) is 0 Å². The van der Waals surface area contributed by atoms with Gasteiger partial charge in [0.15, 0.2) is 0 Å². The fourth-order valence-electron chi connectivity index (χ4n) is 2.31. The molecule has 1 atom stereocenters. The number of hydrogen-bond donors (Lipinski definition) is 1. The first-order chi connectivity index (χ1) is 11.6. The summed E-state index contributed by atoms with van der Waals surface area (Å²) < 4.78 is 11.9. The maximum Gasteiger partial charge on any atom is 0.255 e. The van der Waals surface area contributed by atoms with E-state index in [1.165, 1.54) is 0 Å². The van der Waals surface area contributed by atoms with Crippen LogP contribution in [0.2, 0.25) is 0 Å². The number of carbonyl (C=O) groups excluding carboxylic acids is 1. The molecule has 0 saturated heterocycles. The van der Waals surface area contributed by atoms with Crippen molar-refractivity contribution in [3.05, 3.63) is 64.1 Å². The largest absolute Gasteiger partial charge is 0.490 e. The number of benzene rings is 2. The number of para-hydroxylation sites is 1. The van der Waals surface area contributed by atoms with Gasteiger partial charge in [0.05, 0.1) is 18.2 Å². The maximum atomic E-state index is 12.6. The van der Waals surface area contributed by atoms with Gasteiger partial charge in [0.1, 0.15) is 12.4 Å². The van der Waals surface area contributed by atoms with Gasteiger partial charge in [-0.15, -0.1) is 0 Å². The van der Waals surface area contributed by atoms with Gasteiger partial charge in [-0.1, -0.05) is 46.3 Å². The first kappa shape index (κ1) is 18.5. The van der Waals surface area contributed by atoms with Crippen LogP contribution in [-0.2, 0) is 4.74 Å². The number of amides is 1. The van der Waals surface area contributed by atoms with E-state index in [1.54, 1.807) is 12.1 Å². The van der Waals surface area contributed by atoms with E-state index < -0.39 is 0 Å². The molecule has 0 aliphatic carbocycles. The van der Waals surface area contributed by atoms with Gasteiger partial charge in [0.25, 0.3) is 5.91 Å². The zero-order valence-corrected chi connectivity index (χ0v) is 15.5. The van der Waals surface area contributed by atoms with Crippen molar-refractivity contribution in [3.8, 4) is 5.75 Å². The van der Waals surface area contributed by atoms with Crippen molar-refractivity contribution in [2.24, 2.45) is 0 Å². The van der Waals surface area contributed by atoms with Crippen molar-refractivity contribution in [1.82, 2.24) is 5.32 Å². The molecule has 0 aromatic heterocycles. The fraction of sp³-hybridized carbons (Fsp3) is 0.316. The van der Waals surface area contributed by atoms with E-state index in [2.05, 4.69) is 21.2 Å². The molecule has 0 heterocycles. The highest BCUT2D eigenvalue weighted by Gasteiger charge is 2.16. The van der Waals surface area contributed by atoms with E-state index in [0.29, 0.717) is 31.1 Å². The average Bonchev–Trinajstić information content (AvgIpc) is 2.59. The zero-order valence-electron chi connectivity index (χ0n) is 13.9. The van der Waals surface area contributed by atoms with Gasteiger partial charge in [-0.05, 0) is 37.6 Å². The predicted octanol–water partition coefficient (Wildman–Crippen LogP) is 4.36. The fourth-order valence-corrected chi connectivity index (χ4v) is 2.94. The minimum absolute atomic E-state index is 0.121. The summed E-state index contributed by atoms with van der Waals surface area (Å²) in [4.78, 5) is 12.6. The van der Waals surface area contributed by atoms with Crippen LogP contribution in [0.5, 0.6) is 5.75 Å². The van der Waals surface area contributed by atoms with Crippen LogP contribution in [0.3, 0.4) is 0 Å². The maximum absolute atomic E-state index is 12.6. The molecule has 4 nitrogen and oxygen atoms in total. The van der Waals surface area contributed by atoms with E-state index in [4.69, 9.17) is 9.47 Å². The molecule has 0 fully saturated rings. The summed E-state index contributed by atoms with van der Waals surface area (Å²) in [5, 5.41) is 3.02. The summed E-state index contributed by atoms with van der Waals surface area (Å²) in [5.74, 6) is 0.402. The van der Waals surface area contributed by atoms with Gasteiger partial charge in [0, 0.05) is 11.1 Å². The molecule has 0 radical (unpaired) electrons. The van der Waals surface area contributed by atoms with Gasteiger partial charge >= 0.3 is 0 Å².